The summed E-state index contributed by atoms with van der Waals surface area (Å²) in [6.07, 6.45) is 0.977. The van der Waals surface area contributed by atoms with Gasteiger partial charge in [-0.3, -0.25) is 4.79 Å². The molecule has 128 valence electrons. The molecule has 1 N–H and O–H groups in total. The van der Waals surface area contributed by atoms with Crippen molar-refractivity contribution in [3.8, 4) is 17.2 Å². The lowest BCUT2D eigenvalue weighted by Gasteiger charge is -2.13. The first kappa shape index (κ1) is 18.1. The van der Waals surface area contributed by atoms with Crippen molar-refractivity contribution in [2.75, 3.05) is 26.1 Å². The second kappa shape index (κ2) is 9.17. The van der Waals surface area contributed by atoms with Crippen LogP contribution in [-0.2, 0) is 4.79 Å². The van der Waals surface area contributed by atoms with E-state index >= 15 is 0 Å². The number of nitrogens with one attached hydrogen (secondary N) is 1. The molecule has 0 unspecified atom stereocenters. The van der Waals surface area contributed by atoms with Gasteiger partial charge in [0.25, 0.3) is 0 Å². The van der Waals surface area contributed by atoms with Gasteiger partial charge in [-0.05, 0) is 34.5 Å². The highest BCUT2D eigenvalue weighted by Gasteiger charge is 2.12. The van der Waals surface area contributed by atoms with Crippen LogP contribution in [0.4, 0.5) is 5.69 Å². The van der Waals surface area contributed by atoms with Crippen LogP contribution in [0.3, 0.4) is 0 Å². The molecule has 0 spiro atoms. The average Bonchev–Trinajstić information content (AvgIpc) is 2.60. The standard InChI is InChI=1S/C18H20BrNO4/c1-22-16-12-15(17(23-2)11-14(16)19)20-18(21)9-6-10-24-13-7-4-3-5-8-13/h3-5,7-8,11-12H,6,9-10H2,1-2H3,(H,20,21). The van der Waals surface area contributed by atoms with Gasteiger partial charge in [-0.25, -0.2) is 0 Å². The monoisotopic (exact) mass is 393 g/mol. The topological polar surface area (TPSA) is 56.8 Å². The molecule has 0 aliphatic carbocycles. The number of hydrogen-bond acceptors (Lipinski definition) is 4. The number of carbonyl (C=O) groups excluding carboxylic acids is 1. The fraction of sp³-hybridized carbons (Fsp3) is 0.278. The zero-order chi connectivity index (χ0) is 17.4. The van der Waals surface area contributed by atoms with Gasteiger partial charge in [0.1, 0.15) is 17.2 Å². The molecule has 0 saturated heterocycles. The van der Waals surface area contributed by atoms with Crippen LogP contribution in [0.2, 0.25) is 0 Å². The number of para-hydroxylation sites is 1. The van der Waals surface area contributed by atoms with Crippen LogP contribution in [0.15, 0.2) is 46.9 Å². The minimum atomic E-state index is -0.102. The summed E-state index contributed by atoms with van der Waals surface area (Å²) in [6, 6.07) is 13.0. The average molecular weight is 394 g/mol. The Labute approximate surface area is 150 Å². The van der Waals surface area contributed by atoms with Crippen LogP contribution in [0.1, 0.15) is 12.8 Å². The molecule has 5 nitrogen and oxygen atoms in total. The van der Waals surface area contributed by atoms with E-state index in [1.54, 1.807) is 26.4 Å². The summed E-state index contributed by atoms with van der Waals surface area (Å²) < 4.78 is 16.9. The van der Waals surface area contributed by atoms with Crippen molar-refractivity contribution >= 4 is 27.5 Å². The first-order chi connectivity index (χ1) is 11.6. The van der Waals surface area contributed by atoms with Crippen molar-refractivity contribution in [1.82, 2.24) is 0 Å². The van der Waals surface area contributed by atoms with Gasteiger partial charge in [-0.2, -0.15) is 0 Å². The second-order valence-electron chi connectivity index (χ2n) is 5.00. The number of methoxy groups -OCH3 is 2. The minimum absolute atomic E-state index is 0.102. The number of halogens is 1. The Morgan fingerprint density at radius 2 is 1.79 bits per heavy atom. The highest BCUT2D eigenvalue weighted by molar-refractivity contribution is 9.10. The molecule has 0 atom stereocenters. The van der Waals surface area contributed by atoms with Crippen LogP contribution in [-0.4, -0.2) is 26.7 Å². The Morgan fingerprint density at radius 1 is 1.08 bits per heavy atom. The van der Waals surface area contributed by atoms with E-state index in [2.05, 4.69) is 21.2 Å². The van der Waals surface area contributed by atoms with E-state index < -0.39 is 0 Å². The van der Waals surface area contributed by atoms with Crippen molar-refractivity contribution < 1.29 is 19.0 Å². The quantitative estimate of drug-likeness (QED) is 0.680. The Hall–Kier alpha value is -2.21. The molecule has 24 heavy (non-hydrogen) atoms. The van der Waals surface area contributed by atoms with Gasteiger partial charge in [0.15, 0.2) is 0 Å². The molecule has 0 aromatic heterocycles. The molecular weight excluding hydrogens is 374 g/mol. The highest BCUT2D eigenvalue weighted by Crippen LogP contribution is 2.36. The smallest absolute Gasteiger partial charge is 0.224 e. The Balaban J connectivity index is 1.85. The van der Waals surface area contributed by atoms with Gasteiger partial charge in [0.05, 0.1) is 31.0 Å². The highest BCUT2D eigenvalue weighted by atomic mass is 79.9. The van der Waals surface area contributed by atoms with E-state index in [4.69, 9.17) is 14.2 Å². The predicted octanol–water partition coefficient (Wildman–Crippen LogP) is 4.26. The molecular formula is C18H20BrNO4. The minimum Gasteiger partial charge on any atom is -0.495 e. The van der Waals surface area contributed by atoms with E-state index in [0.717, 1.165) is 10.2 Å². The molecule has 1 amide bonds. The molecule has 0 fully saturated rings. The number of ether oxygens (including phenoxy) is 3. The molecule has 0 radical (unpaired) electrons. The summed E-state index contributed by atoms with van der Waals surface area (Å²) in [4.78, 5) is 12.1. The summed E-state index contributed by atoms with van der Waals surface area (Å²) in [5.74, 6) is 1.89. The number of benzene rings is 2. The van der Waals surface area contributed by atoms with Gasteiger partial charge in [0.2, 0.25) is 5.91 Å². The third-order valence-corrected chi connectivity index (χ3v) is 3.93. The van der Waals surface area contributed by atoms with E-state index in [9.17, 15) is 4.79 Å². The first-order valence-electron chi connectivity index (χ1n) is 7.53. The van der Waals surface area contributed by atoms with Crippen LogP contribution >= 0.6 is 15.9 Å². The van der Waals surface area contributed by atoms with Crippen molar-refractivity contribution in [2.45, 2.75) is 12.8 Å². The number of hydrogen-bond donors (Lipinski definition) is 1. The van der Waals surface area contributed by atoms with Gasteiger partial charge >= 0.3 is 0 Å². The molecule has 2 aromatic carbocycles. The fourth-order valence-corrected chi connectivity index (χ4v) is 2.59. The summed E-state index contributed by atoms with van der Waals surface area (Å²) >= 11 is 3.39. The van der Waals surface area contributed by atoms with Crippen LogP contribution < -0.4 is 19.5 Å². The maximum atomic E-state index is 12.1. The molecule has 0 heterocycles. The third-order valence-electron chi connectivity index (χ3n) is 3.31. The summed E-state index contributed by atoms with van der Waals surface area (Å²) in [5.41, 5.74) is 0.575. The lowest BCUT2D eigenvalue weighted by Crippen LogP contribution is -2.13. The Morgan fingerprint density at radius 3 is 2.46 bits per heavy atom. The summed E-state index contributed by atoms with van der Waals surface area (Å²) in [6.45, 7) is 0.484. The summed E-state index contributed by atoms with van der Waals surface area (Å²) in [7, 11) is 3.12. The van der Waals surface area contributed by atoms with Crippen LogP contribution in [0.5, 0.6) is 17.2 Å². The number of carbonyl (C=O) groups is 1. The second-order valence-corrected chi connectivity index (χ2v) is 5.85. The maximum Gasteiger partial charge on any atom is 0.224 e. The molecule has 0 saturated carbocycles. The van der Waals surface area contributed by atoms with Crippen molar-refractivity contribution in [2.24, 2.45) is 0 Å². The normalized spacial score (nSPS) is 10.1. The van der Waals surface area contributed by atoms with Crippen LogP contribution in [0, 0.1) is 0 Å². The van der Waals surface area contributed by atoms with E-state index in [1.165, 1.54) is 0 Å². The molecule has 0 aliphatic rings. The van der Waals surface area contributed by atoms with Crippen molar-refractivity contribution in [3.05, 3.63) is 46.9 Å². The van der Waals surface area contributed by atoms with E-state index in [0.29, 0.717) is 36.6 Å². The summed E-state index contributed by atoms with van der Waals surface area (Å²) in [5, 5.41) is 2.84. The molecule has 0 bridgehead atoms. The van der Waals surface area contributed by atoms with E-state index in [-0.39, 0.29) is 5.91 Å². The number of rotatable bonds is 8. The third kappa shape index (κ3) is 5.16. The lowest BCUT2D eigenvalue weighted by molar-refractivity contribution is -0.116. The van der Waals surface area contributed by atoms with Gasteiger partial charge < -0.3 is 19.5 Å². The fourth-order valence-electron chi connectivity index (χ4n) is 2.11. The largest absolute Gasteiger partial charge is 0.495 e. The van der Waals surface area contributed by atoms with Crippen LogP contribution in [0.25, 0.3) is 0 Å². The predicted molar refractivity (Wildman–Crippen MR) is 97.0 cm³/mol. The van der Waals surface area contributed by atoms with Gasteiger partial charge in [-0.15, -0.1) is 0 Å². The SMILES string of the molecule is COc1cc(NC(=O)CCCOc2ccccc2)c(OC)cc1Br. The zero-order valence-corrected chi connectivity index (χ0v) is 15.3. The number of anilines is 1. The molecule has 2 rings (SSSR count). The Kier molecular flexibility index (Phi) is 6.93. The first-order valence-corrected chi connectivity index (χ1v) is 8.32. The zero-order valence-electron chi connectivity index (χ0n) is 13.7. The van der Waals surface area contributed by atoms with Crippen molar-refractivity contribution in [1.29, 1.82) is 0 Å². The Bertz CT molecular complexity index is 676. The molecule has 6 heteroatoms. The van der Waals surface area contributed by atoms with Crippen molar-refractivity contribution in [3.63, 3.8) is 0 Å². The molecule has 0 aliphatic heterocycles. The van der Waals surface area contributed by atoms with Gasteiger partial charge in [0, 0.05) is 18.6 Å². The number of amides is 1. The van der Waals surface area contributed by atoms with Gasteiger partial charge in [-0.1, -0.05) is 18.2 Å². The molecule has 2 aromatic rings. The maximum absolute atomic E-state index is 12.1. The lowest BCUT2D eigenvalue weighted by atomic mass is 10.2. The van der Waals surface area contributed by atoms with E-state index in [1.807, 2.05) is 30.3 Å².